The second-order valence-electron chi connectivity index (χ2n) is 6.56. The topological polar surface area (TPSA) is 166 Å². The van der Waals surface area contributed by atoms with Crippen LogP contribution in [0.1, 0.15) is 11.8 Å². The van der Waals surface area contributed by atoms with Gasteiger partial charge in [-0.25, -0.2) is 15.0 Å². The molecule has 12 heteroatoms. The maximum atomic E-state index is 10.2. The first kappa shape index (κ1) is 19.6. The largest absolute Gasteiger partial charge is 0.508 e. The molecule has 1 unspecified atom stereocenters. The van der Waals surface area contributed by atoms with Gasteiger partial charge in [0.25, 0.3) is 0 Å². The number of aliphatic hydroxyl groups is 3. The average Bonchev–Trinajstić information content (AvgIpc) is 3.25. The van der Waals surface area contributed by atoms with Gasteiger partial charge in [0.05, 0.1) is 18.0 Å². The number of benzene rings is 1. The summed E-state index contributed by atoms with van der Waals surface area (Å²) in [6, 6.07) is 2.57. The minimum absolute atomic E-state index is 0.0351. The second-order valence-corrected chi connectivity index (χ2v) is 6.97. The Hall–Kier alpha value is -2.70. The van der Waals surface area contributed by atoms with Gasteiger partial charge in [-0.05, 0) is 6.07 Å². The highest BCUT2D eigenvalue weighted by Crippen LogP contribution is 2.33. The highest BCUT2D eigenvalue weighted by molar-refractivity contribution is 6.32. The van der Waals surface area contributed by atoms with Crippen molar-refractivity contribution in [1.82, 2.24) is 19.5 Å². The zero-order chi connectivity index (χ0) is 20.7. The van der Waals surface area contributed by atoms with Gasteiger partial charge in [0.15, 0.2) is 23.2 Å². The van der Waals surface area contributed by atoms with Crippen molar-refractivity contribution in [3.05, 3.63) is 35.4 Å². The third-order valence-corrected chi connectivity index (χ3v) is 5.05. The lowest BCUT2D eigenvalue weighted by atomic mass is 10.1. The molecule has 0 bridgehead atoms. The smallest absolute Gasteiger partial charge is 0.167 e. The van der Waals surface area contributed by atoms with Crippen molar-refractivity contribution in [3.63, 3.8) is 0 Å². The van der Waals surface area contributed by atoms with E-state index in [0.29, 0.717) is 22.5 Å². The van der Waals surface area contributed by atoms with Gasteiger partial charge in [0, 0.05) is 18.2 Å². The van der Waals surface area contributed by atoms with E-state index in [1.165, 1.54) is 29.4 Å². The molecule has 4 rings (SSSR count). The summed E-state index contributed by atoms with van der Waals surface area (Å²) in [6.07, 6.45) is -1.76. The maximum absolute atomic E-state index is 10.2. The van der Waals surface area contributed by atoms with Gasteiger partial charge in [-0.1, -0.05) is 11.6 Å². The summed E-state index contributed by atoms with van der Waals surface area (Å²) in [7, 11) is 0. The van der Waals surface area contributed by atoms with Crippen LogP contribution in [0.4, 0.5) is 5.82 Å². The standard InChI is InChI=1S/C17H18ClN5O6/c18-8-2-9(25)7(1-10(8)26)3-19-15-12-16(21-5-20-15)23(6-22-12)17-14(28)13(27)11(4-24)29-17/h1-2,5-6,11,13-14,17,24-28H,3-4H2,(H,19,20,21)/t11-,13-,14-,17?/m1/s1. The number of phenols is 2. The molecule has 2 aromatic heterocycles. The summed E-state index contributed by atoms with van der Waals surface area (Å²) in [5, 5.41) is 52.2. The third-order valence-electron chi connectivity index (χ3n) is 4.74. The Balaban J connectivity index is 1.61. The molecule has 1 aliphatic rings. The van der Waals surface area contributed by atoms with Crippen LogP contribution in [0.5, 0.6) is 11.5 Å². The summed E-state index contributed by atoms with van der Waals surface area (Å²) < 4.78 is 6.96. The number of nitrogens with one attached hydrogen (secondary N) is 1. The van der Waals surface area contributed by atoms with E-state index in [9.17, 15) is 25.5 Å². The number of rotatable bonds is 5. The molecule has 0 spiro atoms. The Labute approximate surface area is 168 Å². The van der Waals surface area contributed by atoms with Crippen LogP contribution in [0.2, 0.25) is 5.02 Å². The molecule has 29 heavy (non-hydrogen) atoms. The maximum Gasteiger partial charge on any atom is 0.167 e. The minimum atomic E-state index is -1.27. The van der Waals surface area contributed by atoms with Crippen molar-refractivity contribution in [1.29, 1.82) is 0 Å². The lowest BCUT2D eigenvalue weighted by molar-refractivity contribution is -0.0511. The van der Waals surface area contributed by atoms with E-state index in [2.05, 4.69) is 20.3 Å². The Bertz CT molecular complexity index is 1050. The summed E-state index contributed by atoms with van der Waals surface area (Å²) >= 11 is 5.76. The fraction of sp³-hybridized carbons (Fsp3) is 0.353. The van der Waals surface area contributed by atoms with Gasteiger partial charge in [0.1, 0.15) is 36.1 Å². The molecule has 6 N–H and O–H groups in total. The van der Waals surface area contributed by atoms with Crippen LogP contribution in [-0.2, 0) is 11.3 Å². The molecule has 1 fully saturated rings. The molecule has 0 amide bonds. The number of phenolic OH excluding ortho intramolecular Hbond substituents is 2. The van der Waals surface area contributed by atoms with Crippen LogP contribution in [0.25, 0.3) is 11.2 Å². The number of aromatic hydroxyl groups is 2. The third kappa shape index (κ3) is 3.43. The highest BCUT2D eigenvalue weighted by Gasteiger charge is 2.44. The van der Waals surface area contributed by atoms with Crippen molar-refractivity contribution in [2.75, 3.05) is 11.9 Å². The molecule has 1 aliphatic heterocycles. The number of ether oxygens (including phenoxy) is 1. The van der Waals surface area contributed by atoms with Crippen LogP contribution < -0.4 is 5.32 Å². The van der Waals surface area contributed by atoms with E-state index < -0.39 is 31.1 Å². The molecule has 4 atom stereocenters. The Kier molecular flexibility index (Phi) is 5.15. The minimum Gasteiger partial charge on any atom is -0.508 e. The Morgan fingerprint density at radius 2 is 1.90 bits per heavy atom. The number of anilines is 1. The number of aromatic nitrogens is 4. The lowest BCUT2D eigenvalue weighted by Crippen LogP contribution is -2.33. The molecule has 154 valence electrons. The van der Waals surface area contributed by atoms with E-state index in [1.807, 2.05) is 0 Å². The molecule has 0 radical (unpaired) electrons. The Morgan fingerprint density at radius 1 is 1.10 bits per heavy atom. The normalized spacial score (nSPS) is 24.3. The number of nitrogens with zero attached hydrogens (tertiary/aromatic N) is 4. The van der Waals surface area contributed by atoms with Gasteiger partial charge >= 0.3 is 0 Å². The summed E-state index contributed by atoms with van der Waals surface area (Å²) in [5.74, 6) is 0.0831. The summed E-state index contributed by atoms with van der Waals surface area (Å²) in [4.78, 5) is 12.5. The zero-order valence-electron chi connectivity index (χ0n) is 14.8. The molecule has 11 nitrogen and oxygen atoms in total. The number of aliphatic hydroxyl groups excluding tert-OH is 3. The van der Waals surface area contributed by atoms with E-state index in [-0.39, 0.29) is 23.1 Å². The molecule has 1 saturated heterocycles. The first-order valence-electron chi connectivity index (χ1n) is 8.65. The highest BCUT2D eigenvalue weighted by atomic mass is 35.5. The van der Waals surface area contributed by atoms with Crippen molar-refractivity contribution in [2.24, 2.45) is 0 Å². The number of imidazole rings is 1. The summed E-state index contributed by atoms with van der Waals surface area (Å²) in [6.45, 7) is -0.329. The number of hydrogen-bond acceptors (Lipinski definition) is 10. The average molecular weight is 424 g/mol. The van der Waals surface area contributed by atoms with Crippen LogP contribution in [0.15, 0.2) is 24.8 Å². The molecular formula is C17H18ClN5O6. The van der Waals surface area contributed by atoms with E-state index in [0.717, 1.165) is 0 Å². The van der Waals surface area contributed by atoms with Crippen molar-refractivity contribution >= 4 is 28.6 Å². The zero-order valence-corrected chi connectivity index (χ0v) is 15.6. The van der Waals surface area contributed by atoms with Gasteiger partial charge in [-0.15, -0.1) is 0 Å². The molecule has 3 aromatic rings. The monoisotopic (exact) mass is 423 g/mol. The molecule has 0 aliphatic carbocycles. The number of halogens is 1. The molecule has 1 aromatic carbocycles. The number of hydrogen-bond donors (Lipinski definition) is 6. The van der Waals surface area contributed by atoms with Gasteiger partial charge < -0.3 is 35.6 Å². The van der Waals surface area contributed by atoms with E-state index in [4.69, 9.17) is 16.3 Å². The van der Waals surface area contributed by atoms with Gasteiger partial charge in [-0.3, -0.25) is 4.57 Å². The lowest BCUT2D eigenvalue weighted by Gasteiger charge is -2.16. The van der Waals surface area contributed by atoms with E-state index in [1.54, 1.807) is 0 Å². The van der Waals surface area contributed by atoms with Crippen LogP contribution in [0.3, 0.4) is 0 Å². The fourth-order valence-corrected chi connectivity index (χ4v) is 3.35. The quantitative estimate of drug-likeness (QED) is 0.310. The number of fused-ring (bicyclic) bond motifs is 1. The SMILES string of the molecule is OC[C@H]1OC(n2cnc3c(NCc4cc(O)c(Cl)cc4O)ncnc32)[C@H](O)[C@@H]1O. The van der Waals surface area contributed by atoms with E-state index >= 15 is 0 Å². The predicted molar refractivity (Wildman–Crippen MR) is 100 cm³/mol. The van der Waals surface area contributed by atoms with Crippen molar-refractivity contribution in [2.45, 2.75) is 31.1 Å². The molecule has 3 heterocycles. The van der Waals surface area contributed by atoms with Crippen molar-refractivity contribution in [3.8, 4) is 11.5 Å². The van der Waals surface area contributed by atoms with Crippen LogP contribution in [-0.4, -0.2) is 70.0 Å². The predicted octanol–water partition coefficient (Wildman–Crippen LogP) is 0.114. The molecular weight excluding hydrogens is 406 g/mol. The van der Waals surface area contributed by atoms with Crippen LogP contribution in [0, 0.1) is 0 Å². The first-order valence-corrected chi connectivity index (χ1v) is 9.02. The van der Waals surface area contributed by atoms with Gasteiger partial charge in [0.2, 0.25) is 0 Å². The first-order chi connectivity index (χ1) is 13.9. The second kappa shape index (κ2) is 7.61. The van der Waals surface area contributed by atoms with Gasteiger partial charge in [-0.2, -0.15) is 0 Å². The fourth-order valence-electron chi connectivity index (χ4n) is 3.19. The molecule has 0 saturated carbocycles. The van der Waals surface area contributed by atoms with Crippen LogP contribution >= 0.6 is 11.6 Å². The summed E-state index contributed by atoms with van der Waals surface area (Å²) in [5.41, 5.74) is 1.09. The van der Waals surface area contributed by atoms with Crippen molar-refractivity contribution < 1.29 is 30.3 Å². The Morgan fingerprint density at radius 3 is 2.62 bits per heavy atom.